The average molecular weight is 537 g/mol. The van der Waals surface area contributed by atoms with Crippen LogP contribution in [0.5, 0.6) is 0 Å². The summed E-state index contributed by atoms with van der Waals surface area (Å²) in [5, 5.41) is 7.83. The Kier molecular flexibility index (Phi) is 8.76. The third-order valence-corrected chi connectivity index (χ3v) is 7.77. The van der Waals surface area contributed by atoms with Crippen LogP contribution in [0.25, 0.3) is 10.9 Å². The van der Waals surface area contributed by atoms with Crippen LogP contribution in [-0.2, 0) is 21.2 Å². The SMILES string of the molecule is C[C@H](NS(=O)(=O)c1ccc(CCC(=O)NCCNc2ccnc3cc(Cl)ccc23)cc1)c1ccccc1. The van der Waals surface area contributed by atoms with E-state index in [1.54, 1.807) is 30.5 Å². The van der Waals surface area contributed by atoms with Crippen LogP contribution in [0.3, 0.4) is 0 Å². The van der Waals surface area contributed by atoms with Gasteiger partial charge in [0.05, 0.1) is 10.4 Å². The first kappa shape index (κ1) is 26.6. The van der Waals surface area contributed by atoms with Gasteiger partial charge in [-0.25, -0.2) is 13.1 Å². The summed E-state index contributed by atoms with van der Waals surface area (Å²) in [5.74, 6) is -0.0665. The molecule has 4 aromatic rings. The summed E-state index contributed by atoms with van der Waals surface area (Å²) in [6.07, 6.45) is 2.55. The lowest BCUT2D eigenvalue weighted by Crippen LogP contribution is -2.29. The first-order valence-electron chi connectivity index (χ1n) is 12.0. The van der Waals surface area contributed by atoms with Crippen molar-refractivity contribution in [2.45, 2.75) is 30.7 Å². The number of amides is 1. The predicted molar refractivity (Wildman–Crippen MR) is 148 cm³/mol. The van der Waals surface area contributed by atoms with E-state index in [-0.39, 0.29) is 16.8 Å². The number of pyridine rings is 1. The van der Waals surface area contributed by atoms with E-state index in [1.165, 1.54) is 0 Å². The summed E-state index contributed by atoms with van der Waals surface area (Å²) >= 11 is 6.04. The number of anilines is 1. The lowest BCUT2D eigenvalue weighted by Gasteiger charge is -2.15. The molecule has 0 saturated carbocycles. The molecule has 37 heavy (non-hydrogen) atoms. The third kappa shape index (κ3) is 7.29. The number of hydrogen-bond acceptors (Lipinski definition) is 5. The molecule has 1 amide bonds. The van der Waals surface area contributed by atoms with Gasteiger partial charge in [-0.05, 0) is 60.9 Å². The second kappa shape index (κ2) is 12.2. The molecular formula is C28H29ClN4O3S. The lowest BCUT2D eigenvalue weighted by atomic mass is 10.1. The van der Waals surface area contributed by atoms with Gasteiger partial charge in [-0.2, -0.15) is 0 Å². The number of sulfonamides is 1. The van der Waals surface area contributed by atoms with Gasteiger partial charge in [0.2, 0.25) is 15.9 Å². The van der Waals surface area contributed by atoms with E-state index in [0.717, 1.165) is 27.7 Å². The van der Waals surface area contributed by atoms with Crippen LogP contribution in [0.2, 0.25) is 5.02 Å². The number of rotatable bonds is 11. The number of halogens is 1. The van der Waals surface area contributed by atoms with E-state index >= 15 is 0 Å². The number of benzene rings is 3. The maximum absolute atomic E-state index is 12.7. The van der Waals surface area contributed by atoms with Gasteiger partial charge >= 0.3 is 0 Å². The van der Waals surface area contributed by atoms with Crippen LogP contribution < -0.4 is 15.4 Å². The monoisotopic (exact) mass is 536 g/mol. The predicted octanol–water partition coefficient (Wildman–Crippen LogP) is 5.09. The highest BCUT2D eigenvalue weighted by molar-refractivity contribution is 7.89. The van der Waals surface area contributed by atoms with Gasteiger partial charge in [0.25, 0.3) is 0 Å². The molecule has 3 aromatic carbocycles. The highest BCUT2D eigenvalue weighted by Gasteiger charge is 2.18. The van der Waals surface area contributed by atoms with Gasteiger partial charge in [0.15, 0.2) is 0 Å². The summed E-state index contributed by atoms with van der Waals surface area (Å²) in [6, 6.07) is 23.1. The van der Waals surface area contributed by atoms with Gasteiger partial charge in [0.1, 0.15) is 0 Å². The summed E-state index contributed by atoms with van der Waals surface area (Å²) in [7, 11) is -3.66. The largest absolute Gasteiger partial charge is 0.383 e. The molecule has 3 N–H and O–H groups in total. The maximum Gasteiger partial charge on any atom is 0.241 e. The van der Waals surface area contributed by atoms with Crippen molar-refractivity contribution in [2.24, 2.45) is 0 Å². The molecule has 0 radical (unpaired) electrons. The summed E-state index contributed by atoms with van der Waals surface area (Å²) < 4.78 is 28.2. The summed E-state index contributed by atoms with van der Waals surface area (Å²) in [6.45, 7) is 2.85. The fourth-order valence-corrected chi connectivity index (χ4v) is 5.36. The van der Waals surface area contributed by atoms with E-state index in [1.807, 2.05) is 61.5 Å². The van der Waals surface area contributed by atoms with Gasteiger partial charge in [-0.1, -0.05) is 54.1 Å². The minimum absolute atomic E-state index is 0.0665. The highest BCUT2D eigenvalue weighted by atomic mass is 35.5. The Morgan fingerprint density at radius 2 is 1.73 bits per heavy atom. The first-order valence-corrected chi connectivity index (χ1v) is 13.9. The quantitative estimate of drug-likeness (QED) is 0.232. The van der Waals surface area contributed by atoms with E-state index in [0.29, 0.717) is 31.0 Å². The molecule has 0 aliphatic rings. The van der Waals surface area contributed by atoms with Gasteiger partial charge in [0, 0.05) is 47.8 Å². The maximum atomic E-state index is 12.7. The van der Waals surface area contributed by atoms with Crippen LogP contribution in [-0.4, -0.2) is 32.4 Å². The molecule has 0 bridgehead atoms. The number of nitrogens with zero attached hydrogens (tertiary/aromatic N) is 1. The van der Waals surface area contributed by atoms with Crippen molar-refractivity contribution in [3.63, 3.8) is 0 Å². The van der Waals surface area contributed by atoms with E-state index < -0.39 is 10.0 Å². The van der Waals surface area contributed by atoms with Crippen LogP contribution >= 0.6 is 11.6 Å². The van der Waals surface area contributed by atoms with Crippen molar-refractivity contribution in [2.75, 3.05) is 18.4 Å². The van der Waals surface area contributed by atoms with Crippen LogP contribution in [0, 0.1) is 0 Å². The van der Waals surface area contributed by atoms with Gasteiger partial charge in [-0.3, -0.25) is 9.78 Å². The van der Waals surface area contributed by atoms with Gasteiger partial charge < -0.3 is 10.6 Å². The number of carbonyl (C=O) groups excluding carboxylic acids is 1. The van der Waals surface area contributed by atoms with Crippen molar-refractivity contribution in [1.82, 2.24) is 15.0 Å². The Bertz CT molecular complexity index is 1460. The fraction of sp³-hybridized carbons (Fsp3) is 0.214. The number of aromatic nitrogens is 1. The van der Waals surface area contributed by atoms with Crippen molar-refractivity contribution in [3.05, 3.63) is 101 Å². The molecule has 9 heteroatoms. The molecule has 4 rings (SSSR count). The lowest BCUT2D eigenvalue weighted by molar-refractivity contribution is -0.120. The number of carbonyl (C=O) groups is 1. The molecule has 7 nitrogen and oxygen atoms in total. The van der Waals surface area contributed by atoms with Crippen LogP contribution in [0.1, 0.15) is 30.5 Å². The number of hydrogen-bond donors (Lipinski definition) is 3. The van der Waals surface area contributed by atoms with Crippen molar-refractivity contribution in [3.8, 4) is 0 Å². The average Bonchev–Trinajstić information content (AvgIpc) is 2.90. The van der Waals surface area contributed by atoms with Gasteiger partial charge in [-0.15, -0.1) is 0 Å². The van der Waals surface area contributed by atoms with Crippen LogP contribution in [0.15, 0.2) is 90.0 Å². The zero-order valence-electron chi connectivity index (χ0n) is 20.4. The molecule has 0 saturated heterocycles. The molecule has 1 aromatic heterocycles. The minimum atomic E-state index is -3.66. The molecule has 0 aliphatic heterocycles. The van der Waals surface area contributed by atoms with Crippen molar-refractivity contribution >= 4 is 44.1 Å². The minimum Gasteiger partial charge on any atom is -0.383 e. The number of nitrogens with one attached hydrogen (secondary N) is 3. The normalized spacial score (nSPS) is 12.3. The fourth-order valence-electron chi connectivity index (χ4n) is 3.97. The van der Waals surface area contributed by atoms with E-state index in [9.17, 15) is 13.2 Å². The topological polar surface area (TPSA) is 100 Å². The Morgan fingerprint density at radius 3 is 2.49 bits per heavy atom. The smallest absolute Gasteiger partial charge is 0.241 e. The Labute approximate surface area is 222 Å². The molecule has 0 fully saturated rings. The molecule has 1 heterocycles. The number of aryl methyl sites for hydroxylation is 1. The zero-order chi connectivity index (χ0) is 26.3. The zero-order valence-corrected chi connectivity index (χ0v) is 22.0. The molecule has 0 spiro atoms. The highest BCUT2D eigenvalue weighted by Crippen LogP contribution is 2.24. The molecular weight excluding hydrogens is 508 g/mol. The van der Waals surface area contributed by atoms with Crippen molar-refractivity contribution < 1.29 is 13.2 Å². The molecule has 1 atom stereocenters. The molecule has 192 valence electrons. The Hall–Kier alpha value is -3.46. The van der Waals surface area contributed by atoms with E-state index in [4.69, 9.17) is 11.6 Å². The van der Waals surface area contributed by atoms with E-state index in [2.05, 4.69) is 20.3 Å². The standard InChI is InChI=1S/C28H29ClN4O3S/c1-20(22-5-3-2-4-6-22)33-37(35,36)24-11-7-21(8-12-24)9-14-28(34)32-18-17-31-26-15-16-30-27-19-23(29)10-13-25(26)27/h2-8,10-13,15-16,19-20,33H,9,14,17-18H2,1H3,(H,30,31)(H,32,34)/t20-/m0/s1. The second-order valence-electron chi connectivity index (χ2n) is 8.69. The molecule has 0 unspecified atom stereocenters. The Morgan fingerprint density at radius 1 is 0.973 bits per heavy atom. The number of fused-ring (bicyclic) bond motifs is 1. The summed E-state index contributed by atoms with van der Waals surface area (Å²) in [5.41, 5.74) is 3.52. The van der Waals surface area contributed by atoms with Crippen LogP contribution in [0.4, 0.5) is 5.69 Å². The third-order valence-electron chi connectivity index (χ3n) is 5.97. The first-order chi connectivity index (χ1) is 17.8. The second-order valence-corrected chi connectivity index (χ2v) is 10.8. The molecule has 0 aliphatic carbocycles. The summed E-state index contributed by atoms with van der Waals surface area (Å²) in [4.78, 5) is 16.8. The van der Waals surface area contributed by atoms with Crippen molar-refractivity contribution in [1.29, 1.82) is 0 Å². The Balaban J connectivity index is 1.22.